The molecule has 26 heavy (non-hydrogen) atoms. The van der Waals surface area contributed by atoms with Crippen LogP contribution in [-0.4, -0.2) is 26.7 Å². The molecular formula is C18H14N4O2S2. The maximum Gasteiger partial charge on any atom is 0.261 e. The predicted octanol–water partition coefficient (Wildman–Crippen LogP) is 3.37. The molecule has 0 saturated heterocycles. The average Bonchev–Trinajstić information content (AvgIpc) is 3.07. The number of para-hydroxylation sites is 1. The summed E-state index contributed by atoms with van der Waals surface area (Å²) < 4.78 is 3.31. The van der Waals surface area contributed by atoms with Gasteiger partial charge >= 0.3 is 0 Å². The van der Waals surface area contributed by atoms with Crippen LogP contribution in [0.4, 0.5) is 5.69 Å². The Morgan fingerprint density at radius 3 is 2.92 bits per heavy atom. The summed E-state index contributed by atoms with van der Waals surface area (Å²) in [4.78, 5) is 33.5. The number of aromatic nitrogens is 3. The van der Waals surface area contributed by atoms with E-state index in [0.717, 1.165) is 14.6 Å². The van der Waals surface area contributed by atoms with Crippen molar-refractivity contribution >= 4 is 55.8 Å². The van der Waals surface area contributed by atoms with Crippen LogP contribution in [0.1, 0.15) is 0 Å². The number of amides is 1. The minimum atomic E-state index is -0.280. The second kappa shape index (κ2) is 6.89. The van der Waals surface area contributed by atoms with Gasteiger partial charge in [0.15, 0.2) is 4.34 Å². The van der Waals surface area contributed by atoms with Crippen molar-refractivity contribution in [2.45, 2.75) is 10.9 Å². The van der Waals surface area contributed by atoms with Gasteiger partial charge in [-0.05, 0) is 36.6 Å². The first-order valence-corrected chi connectivity index (χ1v) is 9.87. The fourth-order valence-corrected chi connectivity index (χ4v) is 4.17. The van der Waals surface area contributed by atoms with E-state index in [9.17, 15) is 9.59 Å². The quantitative estimate of drug-likeness (QED) is 0.548. The van der Waals surface area contributed by atoms with E-state index in [1.807, 2.05) is 30.5 Å². The lowest BCUT2D eigenvalue weighted by Gasteiger charge is -2.08. The smallest absolute Gasteiger partial charge is 0.261 e. The fraction of sp³-hybridized carbons (Fsp3) is 0.111. The van der Waals surface area contributed by atoms with Crippen LogP contribution < -0.4 is 10.9 Å². The van der Waals surface area contributed by atoms with Gasteiger partial charge in [0.25, 0.3) is 5.56 Å². The molecule has 0 fully saturated rings. The average molecular weight is 382 g/mol. The number of anilines is 1. The zero-order valence-corrected chi connectivity index (χ0v) is 15.4. The van der Waals surface area contributed by atoms with E-state index in [1.165, 1.54) is 10.9 Å². The first-order valence-electron chi connectivity index (χ1n) is 7.82. The van der Waals surface area contributed by atoms with Crippen molar-refractivity contribution in [3.63, 3.8) is 0 Å². The molecule has 130 valence electrons. The maximum atomic E-state index is 12.5. The summed E-state index contributed by atoms with van der Waals surface area (Å²) in [5.41, 5.74) is 1.98. The van der Waals surface area contributed by atoms with Crippen molar-refractivity contribution in [1.29, 1.82) is 0 Å². The van der Waals surface area contributed by atoms with Gasteiger partial charge in [-0.15, -0.1) is 11.3 Å². The molecule has 0 spiro atoms. The molecule has 0 atom stereocenters. The summed E-state index contributed by atoms with van der Waals surface area (Å²) >= 11 is 3.18. The molecule has 0 aliphatic heterocycles. The highest BCUT2D eigenvalue weighted by molar-refractivity contribution is 8.00. The molecule has 4 rings (SSSR count). The Hall–Kier alpha value is -2.71. The molecule has 0 saturated carbocycles. The molecule has 4 aromatic rings. The second-order valence-corrected chi connectivity index (χ2v) is 7.69. The summed E-state index contributed by atoms with van der Waals surface area (Å²) in [7, 11) is 0. The van der Waals surface area contributed by atoms with E-state index in [-0.39, 0.29) is 18.0 Å². The monoisotopic (exact) mass is 382 g/mol. The highest BCUT2D eigenvalue weighted by atomic mass is 32.2. The molecule has 2 aromatic carbocycles. The summed E-state index contributed by atoms with van der Waals surface area (Å²) in [6, 6.07) is 12.7. The normalized spacial score (nSPS) is 11.1. The van der Waals surface area contributed by atoms with E-state index in [2.05, 4.69) is 15.3 Å². The standard InChI is InChI=1S/C18H14N4O2S2/c1-25-18-21-14-7-6-11(8-15(14)26-18)20-16(23)9-22-10-19-13-5-3-2-4-12(13)17(22)24/h2-8,10H,9H2,1H3,(H,20,23). The first-order chi connectivity index (χ1) is 12.6. The Balaban J connectivity index is 1.55. The first kappa shape index (κ1) is 16.7. The summed E-state index contributed by atoms with van der Waals surface area (Å²) in [6.07, 6.45) is 3.39. The number of nitrogens with one attached hydrogen (secondary N) is 1. The lowest BCUT2D eigenvalue weighted by Crippen LogP contribution is -2.27. The predicted molar refractivity (Wildman–Crippen MR) is 106 cm³/mol. The van der Waals surface area contributed by atoms with Gasteiger partial charge in [0.2, 0.25) is 5.91 Å². The van der Waals surface area contributed by atoms with Crippen LogP contribution in [0.15, 0.2) is 57.9 Å². The lowest BCUT2D eigenvalue weighted by molar-refractivity contribution is -0.116. The summed E-state index contributed by atoms with van der Waals surface area (Å²) in [6.45, 7) is -0.0898. The number of thiazole rings is 1. The van der Waals surface area contributed by atoms with Gasteiger partial charge in [-0.2, -0.15) is 0 Å². The topological polar surface area (TPSA) is 76.9 Å². The van der Waals surface area contributed by atoms with Crippen LogP contribution >= 0.6 is 23.1 Å². The highest BCUT2D eigenvalue weighted by Crippen LogP contribution is 2.29. The van der Waals surface area contributed by atoms with E-state index >= 15 is 0 Å². The van der Waals surface area contributed by atoms with Gasteiger partial charge in [-0.3, -0.25) is 14.2 Å². The number of fused-ring (bicyclic) bond motifs is 2. The summed E-state index contributed by atoms with van der Waals surface area (Å²) in [5.74, 6) is -0.280. The molecule has 2 heterocycles. The Labute approximate surface area is 156 Å². The molecule has 0 unspecified atom stereocenters. The largest absolute Gasteiger partial charge is 0.324 e. The number of hydrogen-bond acceptors (Lipinski definition) is 6. The van der Waals surface area contributed by atoms with Gasteiger partial charge < -0.3 is 5.32 Å². The van der Waals surface area contributed by atoms with Crippen LogP contribution in [0.2, 0.25) is 0 Å². The van der Waals surface area contributed by atoms with Crippen LogP contribution in [0.5, 0.6) is 0 Å². The number of rotatable bonds is 4. The molecule has 0 radical (unpaired) electrons. The molecule has 0 aliphatic carbocycles. The molecule has 1 N–H and O–H groups in total. The third-order valence-corrected chi connectivity index (χ3v) is 5.88. The Kier molecular flexibility index (Phi) is 4.44. The Bertz CT molecular complexity index is 1180. The molecule has 0 aliphatic rings. The molecule has 8 heteroatoms. The van der Waals surface area contributed by atoms with Crippen LogP contribution in [0.3, 0.4) is 0 Å². The fourth-order valence-electron chi connectivity index (χ4n) is 2.64. The minimum absolute atomic E-state index is 0.0898. The third-order valence-electron chi connectivity index (χ3n) is 3.87. The highest BCUT2D eigenvalue weighted by Gasteiger charge is 2.10. The van der Waals surface area contributed by atoms with Gasteiger partial charge in [0.1, 0.15) is 6.54 Å². The molecule has 0 bridgehead atoms. The number of carbonyl (C=O) groups is 1. The number of hydrogen-bond donors (Lipinski definition) is 1. The van der Waals surface area contributed by atoms with E-state index in [0.29, 0.717) is 16.6 Å². The van der Waals surface area contributed by atoms with Gasteiger partial charge in [0.05, 0.1) is 27.4 Å². The van der Waals surface area contributed by atoms with E-state index in [1.54, 1.807) is 41.3 Å². The van der Waals surface area contributed by atoms with Gasteiger partial charge in [0, 0.05) is 5.69 Å². The minimum Gasteiger partial charge on any atom is -0.324 e. The van der Waals surface area contributed by atoms with Crippen molar-refractivity contribution in [3.8, 4) is 0 Å². The zero-order chi connectivity index (χ0) is 18.1. The second-order valence-electron chi connectivity index (χ2n) is 5.61. The van der Waals surface area contributed by atoms with Crippen molar-refractivity contribution < 1.29 is 4.79 Å². The van der Waals surface area contributed by atoms with Crippen molar-refractivity contribution in [2.24, 2.45) is 0 Å². The van der Waals surface area contributed by atoms with Crippen molar-refractivity contribution in [2.75, 3.05) is 11.6 Å². The van der Waals surface area contributed by atoms with E-state index < -0.39 is 0 Å². The van der Waals surface area contributed by atoms with Crippen LogP contribution in [0, 0.1) is 0 Å². The van der Waals surface area contributed by atoms with Crippen molar-refractivity contribution in [3.05, 3.63) is 59.1 Å². The zero-order valence-electron chi connectivity index (χ0n) is 13.8. The van der Waals surface area contributed by atoms with Crippen molar-refractivity contribution in [1.82, 2.24) is 14.5 Å². The third kappa shape index (κ3) is 3.21. The van der Waals surface area contributed by atoms with Gasteiger partial charge in [-0.1, -0.05) is 23.9 Å². The molecule has 1 amide bonds. The Morgan fingerprint density at radius 1 is 1.23 bits per heavy atom. The molecule has 2 aromatic heterocycles. The SMILES string of the molecule is CSc1nc2ccc(NC(=O)Cn3cnc4ccccc4c3=O)cc2s1. The molecular weight excluding hydrogens is 368 g/mol. The maximum absolute atomic E-state index is 12.5. The number of thioether (sulfide) groups is 1. The van der Waals surface area contributed by atoms with Crippen LogP contribution in [-0.2, 0) is 11.3 Å². The lowest BCUT2D eigenvalue weighted by atomic mass is 10.2. The summed E-state index contributed by atoms with van der Waals surface area (Å²) in [5, 5.41) is 3.33. The molecule has 6 nitrogen and oxygen atoms in total. The number of carbonyl (C=O) groups excluding carboxylic acids is 1. The van der Waals surface area contributed by atoms with Crippen LogP contribution in [0.25, 0.3) is 21.1 Å². The number of nitrogens with zero attached hydrogens (tertiary/aromatic N) is 3. The Morgan fingerprint density at radius 2 is 2.08 bits per heavy atom. The van der Waals surface area contributed by atoms with Gasteiger partial charge in [-0.25, -0.2) is 9.97 Å². The number of benzene rings is 2. The van der Waals surface area contributed by atoms with E-state index in [4.69, 9.17) is 0 Å².